The van der Waals surface area contributed by atoms with E-state index < -0.39 is 11.8 Å². The van der Waals surface area contributed by atoms with Crippen LogP contribution in [0.1, 0.15) is 41.4 Å². The predicted molar refractivity (Wildman–Crippen MR) is 76.4 cm³/mol. The third-order valence-corrected chi connectivity index (χ3v) is 4.01. The Hall–Kier alpha value is -2.58. The molecular formula is C14H16FN5O3. The lowest BCUT2D eigenvalue weighted by Gasteiger charge is -2.23. The van der Waals surface area contributed by atoms with Crippen LogP contribution in [-0.4, -0.2) is 37.9 Å². The van der Waals surface area contributed by atoms with Gasteiger partial charge in [0.05, 0.1) is 31.0 Å². The fourth-order valence-corrected chi connectivity index (χ4v) is 2.43. The van der Waals surface area contributed by atoms with E-state index >= 15 is 0 Å². The average molecular weight is 321 g/mol. The average Bonchev–Trinajstić information content (AvgIpc) is 2.85. The van der Waals surface area contributed by atoms with Crippen molar-refractivity contribution in [2.45, 2.75) is 38.3 Å². The summed E-state index contributed by atoms with van der Waals surface area (Å²) in [5.74, 6) is -1.50. The Morgan fingerprint density at radius 1 is 1.43 bits per heavy atom. The highest BCUT2D eigenvalue weighted by molar-refractivity contribution is 5.89. The molecule has 0 amide bonds. The first-order chi connectivity index (χ1) is 11.1. The topological polar surface area (TPSA) is 91.9 Å². The molecule has 1 saturated carbocycles. The van der Waals surface area contributed by atoms with Gasteiger partial charge in [-0.05, 0) is 35.8 Å². The number of esters is 1. The number of halogens is 1. The van der Waals surface area contributed by atoms with Crippen molar-refractivity contribution in [2.75, 3.05) is 7.11 Å². The summed E-state index contributed by atoms with van der Waals surface area (Å²) in [6, 6.07) is 1.37. The Balaban J connectivity index is 1.75. The van der Waals surface area contributed by atoms with Crippen molar-refractivity contribution >= 4 is 5.97 Å². The summed E-state index contributed by atoms with van der Waals surface area (Å²) in [4.78, 5) is 27.5. The van der Waals surface area contributed by atoms with E-state index in [0.717, 1.165) is 19.3 Å². The van der Waals surface area contributed by atoms with Crippen molar-refractivity contribution in [2.24, 2.45) is 0 Å². The van der Waals surface area contributed by atoms with E-state index in [0.29, 0.717) is 0 Å². The van der Waals surface area contributed by atoms with E-state index in [1.165, 1.54) is 28.7 Å². The molecule has 2 heterocycles. The minimum absolute atomic E-state index is 0.0815. The molecule has 0 spiro atoms. The lowest BCUT2D eigenvalue weighted by molar-refractivity contribution is 0.0595. The van der Waals surface area contributed by atoms with Gasteiger partial charge in [0, 0.05) is 12.6 Å². The van der Waals surface area contributed by atoms with Gasteiger partial charge in [-0.1, -0.05) is 0 Å². The second-order valence-corrected chi connectivity index (χ2v) is 5.37. The monoisotopic (exact) mass is 321 g/mol. The molecule has 2 aromatic rings. The maximum absolute atomic E-state index is 14.2. The van der Waals surface area contributed by atoms with E-state index in [1.807, 2.05) is 0 Å². The number of hydrogen-bond acceptors (Lipinski definition) is 6. The summed E-state index contributed by atoms with van der Waals surface area (Å²) < 4.78 is 21.3. The van der Waals surface area contributed by atoms with E-state index in [4.69, 9.17) is 0 Å². The van der Waals surface area contributed by atoms with Crippen molar-refractivity contribution in [3.8, 4) is 0 Å². The summed E-state index contributed by atoms with van der Waals surface area (Å²) in [7, 11) is 1.18. The number of carbonyl (C=O) groups excluding carboxylic acids is 1. The van der Waals surface area contributed by atoms with E-state index in [9.17, 15) is 14.0 Å². The van der Waals surface area contributed by atoms with Gasteiger partial charge >= 0.3 is 11.7 Å². The van der Waals surface area contributed by atoms with Gasteiger partial charge < -0.3 is 4.74 Å². The molecule has 2 aromatic heterocycles. The van der Waals surface area contributed by atoms with Crippen molar-refractivity contribution in [1.29, 1.82) is 0 Å². The van der Waals surface area contributed by atoms with Crippen LogP contribution in [0.15, 0.2) is 17.1 Å². The molecule has 0 unspecified atom stereocenters. The normalized spacial score (nSPS) is 14.5. The van der Waals surface area contributed by atoms with Gasteiger partial charge in [-0.25, -0.2) is 14.0 Å². The first-order valence-electron chi connectivity index (χ1n) is 7.36. The predicted octanol–water partition coefficient (Wildman–Crippen LogP) is 0.728. The smallest absolute Gasteiger partial charge is 0.363 e. The Labute approximate surface area is 130 Å². The molecule has 0 N–H and O–H groups in total. The molecule has 0 bridgehead atoms. The third kappa shape index (κ3) is 2.86. The SMILES string of the molecule is COC(=O)c1ccnc(CCn2nnn(C3CCC3)c2=O)c1F. The number of tetrazole rings is 1. The Kier molecular flexibility index (Phi) is 4.18. The van der Waals surface area contributed by atoms with Crippen LogP contribution in [0.2, 0.25) is 0 Å². The highest BCUT2D eigenvalue weighted by Gasteiger charge is 2.24. The summed E-state index contributed by atoms with van der Waals surface area (Å²) >= 11 is 0. The first-order valence-corrected chi connectivity index (χ1v) is 7.36. The molecule has 0 atom stereocenters. The maximum atomic E-state index is 14.2. The Bertz CT molecular complexity index is 781. The Morgan fingerprint density at radius 3 is 2.87 bits per heavy atom. The molecule has 0 aliphatic heterocycles. The van der Waals surface area contributed by atoms with Crippen LogP contribution in [0, 0.1) is 5.82 Å². The van der Waals surface area contributed by atoms with Crippen LogP contribution in [-0.2, 0) is 17.7 Å². The summed E-state index contributed by atoms with van der Waals surface area (Å²) in [5.41, 5.74) is -0.403. The zero-order valence-corrected chi connectivity index (χ0v) is 12.6. The van der Waals surface area contributed by atoms with E-state index in [2.05, 4.69) is 20.1 Å². The van der Waals surface area contributed by atoms with Crippen molar-refractivity contribution in [1.82, 2.24) is 24.8 Å². The first kappa shape index (κ1) is 15.3. The zero-order chi connectivity index (χ0) is 16.4. The van der Waals surface area contributed by atoms with E-state index in [-0.39, 0.29) is 36.0 Å². The highest BCUT2D eigenvalue weighted by Crippen LogP contribution is 2.28. The number of rotatable bonds is 5. The molecule has 1 aliphatic rings. The van der Waals surface area contributed by atoms with E-state index in [1.54, 1.807) is 0 Å². The number of pyridine rings is 1. The number of carbonyl (C=O) groups is 1. The van der Waals surface area contributed by atoms with Gasteiger partial charge in [0.15, 0.2) is 5.82 Å². The summed E-state index contributed by atoms with van der Waals surface area (Å²) in [6.07, 6.45) is 4.39. The largest absolute Gasteiger partial charge is 0.465 e. The second kappa shape index (κ2) is 6.27. The number of hydrogen-bond donors (Lipinski definition) is 0. The van der Waals surface area contributed by atoms with Crippen LogP contribution in [0.25, 0.3) is 0 Å². The van der Waals surface area contributed by atoms with Crippen molar-refractivity contribution in [3.05, 3.63) is 39.8 Å². The van der Waals surface area contributed by atoms with Crippen LogP contribution in [0.4, 0.5) is 4.39 Å². The number of ether oxygens (including phenoxy) is 1. The molecule has 0 radical (unpaired) electrons. The quantitative estimate of drug-likeness (QED) is 0.754. The van der Waals surface area contributed by atoms with Gasteiger partial charge in [-0.3, -0.25) is 4.98 Å². The molecule has 1 fully saturated rings. The molecule has 23 heavy (non-hydrogen) atoms. The fourth-order valence-electron chi connectivity index (χ4n) is 2.43. The Morgan fingerprint density at radius 2 is 2.22 bits per heavy atom. The summed E-state index contributed by atoms with van der Waals surface area (Å²) in [5, 5.41) is 7.67. The van der Waals surface area contributed by atoms with Crippen LogP contribution in [0.3, 0.4) is 0 Å². The molecule has 122 valence electrons. The molecular weight excluding hydrogens is 305 g/mol. The van der Waals surface area contributed by atoms with Gasteiger partial charge in [0.2, 0.25) is 0 Å². The minimum Gasteiger partial charge on any atom is -0.465 e. The lowest BCUT2D eigenvalue weighted by atomic mass is 9.93. The maximum Gasteiger partial charge on any atom is 0.363 e. The zero-order valence-electron chi connectivity index (χ0n) is 12.6. The molecule has 3 rings (SSSR count). The number of aryl methyl sites for hydroxylation is 2. The number of methoxy groups -OCH3 is 1. The van der Waals surface area contributed by atoms with Crippen LogP contribution >= 0.6 is 0 Å². The van der Waals surface area contributed by atoms with Crippen LogP contribution < -0.4 is 5.69 Å². The minimum atomic E-state index is -0.765. The molecule has 0 saturated heterocycles. The van der Waals surface area contributed by atoms with Crippen molar-refractivity contribution in [3.63, 3.8) is 0 Å². The number of aromatic nitrogens is 5. The third-order valence-electron chi connectivity index (χ3n) is 4.01. The second-order valence-electron chi connectivity index (χ2n) is 5.37. The lowest BCUT2D eigenvalue weighted by Crippen LogP contribution is -2.32. The molecule has 1 aliphatic carbocycles. The van der Waals surface area contributed by atoms with Gasteiger partial charge in [0.25, 0.3) is 0 Å². The summed E-state index contributed by atoms with van der Waals surface area (Å²) in [6.45, 7) is 0.139. The standard InChI is InChI=1S/C14H16FN5O3/c1-23-13(21)10-5-7-16-11(12(10)15)6-8-19-14(22)20(18-17-19)9-3-2-4-9/h5,7,9H,2-4,6,8H2,1H3. The number of nitrogens with zero attached hydrogens (tertiary/aromatic N) is 5. The fraction of sp³-hybridized carbons (Fsp3) is 0.500. The molecule has 0 aromatic carbocycles. The highest BCUT2D eigenvalue weighted by atomic mass is 19.1. The van der Waals surface area contributed by atoms with Crippen LogP contribution in [0.5, 0.6) is 0 Å². The van der Waals surface area contributed by atoms with Gasteiger partial charge in [-0.2, -0.15) is 9.36 Å². The van der Waals surface area contributed by atoms with Gasteiger partial charge in [-0.15, -0.1) is 0 Å². The molecule has 8 nitrogen and oxygen atoms in total. The van der Waals surface area contributed by atoms with Gasteiger partial charge in [0.1, 0.15) is 0 Å². The molecule has 9 heteroatoms. The van der Waals surface area contributed by atoms with Crippen molar-refractivity contribution < 1.29 is 13.9 Å².